The fraction of sp³-hybridized carbons (Fsp3) is 0.667. The summed E-state index contributed by atoms with van der Waals surface area (Å²) in [5.41, 5.74) is 7.81. The van der Waals surface area contributed by atoms with Crippen LogP contribution in [0.2, 0.25) is 0 Å². The van der Waals surface area contributed by atoms with Gasteiger partial charge in [-0.2, -0.15) is 0 Å². The molecule has 0 heterocycles. The van der Waals surface area contributed by atoms with Crippen LogP contribution in [-0.2, 0) is 4.74 Å². The predicted octanol–water partition coefficient (Wildman–Crippen LogP) is 4.07. The molecule has 0 amide bonds. The lowest BCUT2D eigenvalue weighted by atomic mass is 9.76. The molecule has 1 atom stereocenters. The highest BCUT2D eigenvalue weighted by atomic mass is 16.5. The topological polar surface area (TPSA) is 44.5 Å². The van der Waals surface area contributed by atoms with Crippen LogP contribution < -0.4 is 10.5 Å². The molecule has 1 aliphatic carbocycles. The summed E-state index contributed by atoms with van der Waals surface area (Å²) in [6.07, 6.45) is 5.18. The molecule has 0 bridgehead atoms. The summed E-state index contributed by atoms with van der Waals surface area (Å²) in [6.45, 7) is 7.95. The monoisotopic (exact) mass is 291 g/mol. The fourth-order valence-electron chi connectivity index (χ4n) is 2.85. The number of ether oxygens (including phenoxy) is 2. The van der Waals surface area contributed by atoms with Gasteiger partial charge in [0.25, 0.3) is 0 Å². The molecule has 3 nitrogen and oxygen atoms in total. The van der Waals surface area contributed by atoms with E-state index in [0.29, 0.717) is 24.7 Å². The van der Waals surface area contributed by atoms with Crippen LogP contribution in [0.1, 0.15) is 58.1 Å². The zero-order chi connectivity index (χ0) is 15.3. The summed E-state index contributed by atoms with van der Waals surface area (Å²) in [7, 11) is 0. The van der Waals surface area contributed by atoms with E-state index in [2.05, 4.69) is 13.8 Å². The van der Waals surface area contributed by atoms with E-state index in [-0.39, 0.29) is 6.04 Å². The first-order valence-electron chi connectivity index (χ1n) is 8.10. The molecule has 118 valence electrons. The van der Waals surface area contributed by atoms with E-state index in [0.717, 1.165) is 24.2 Å². The Balaban J connectivity index is 1.78. The minimum absolute atomic E-state index is 0.0596. The number of hydrogen-bond donors (Lipinski definition) is 1. The molecule has 0 spiro atoms. The summed E-state index contributed by atoms with van der Waals surface area (Å²) < 4.78 is 11.5. The Kier molecular flexibility index (Phi) is 5.65. The predicted molar refractivity (Wildman–Crippen MR) is 86.5 cm³/mol. The Morgan fingerprint density at radius 2 is 1.81 bits per heavy atom. The zero-order valence-corrected chi connectivity index (χ0v) is 13.6. The lowest BCUT2D eigenvalue weighted by molar-refractivity contribution is -0.00185. The summed E-state index contributed by atoms with van der Waals surface area (Å²) in [5.74, 6) is 0.892. The van der Waals surface area contributed by atoms with Gasteiger partial charge in [0.15, 0.2) is 0 Å². The van der Waals surface area contributed by atoms with Crippen molar-refractivity contribution in [3.8, 4) is 5.75 Å². The molecule has 2 rings (SSSR count). The highest BCUT2D eigenvalue weighted by Crippen LogP contribution is 2.36. The summed E-state index contributed by atoms with van der Waals surface area (Å²) >= 11 is 0. The van der Waals surface area contributed by atoms with Gasteiger partial charge < -0.3 is 15.2 Å². The summed E-state index contributed by atoms with van der Waals surface area (Å²) in [6, 6.07) is 7.95. The van der Waals surface area contributed by atoms with E-state index in [4.69, 9.17) is 15.2 Å². The lowest BCUT2D eigenvalue weighted by Crippen LogP contribution is -2.29. The molecule has 1 unspecified atom stereocenters. The van der Waals surface area contributed by atoms with Crippen LogP contribution in [0.3, 0.4) is 0 Å². The van der Waals surface area contributed by atoms with Crippen molar-refractivity contribution >= 4 is 0 Å². The molecule has 1 aromatic carbocycles. The van der Waals surface area contributed by atoms with Crippen LogP contribution in [0.15, 0.2) is 24.3 Å². The summed E-state index contributed by atoms with van der Waals surface area (Å²) in [4.78, 5) is 0. The molecular weight excluding hydrogens is 262 g/mol. The van der Waals surface area contributed by atoms with Gasteiger partial charge in [-0.05, 0) is 55.7 Å². The number of hydrogen-bond acceptors (Lipinski definition) is 3. The van der Waals surface area contributed by atoms with Crippen molar-refractivity contribution in [2.24, 2.45) is 11.1 Å². The van der Waals surface area contributed by atoms with E-state index >= 15 is 0 Å². The highest BCUT2D eigenvalue weighted by Gasteiger charge is 2.27. The first kappa shape index (κ1) is 16.3. The number of benzene rings is 1. The van der Waals surface area contributed by atoms with Gasteiger partial charge in [0.2, 0.25) is 0 Å². The largest absolute Gasteiger partial charge is 0.494 e. The number of rotatable bonds is 6. The third-order valence-corrected chi connectivity index (χ3v) is 4.42. The van der Waals surface area contributed by atoms with Crippen LogP contribution in [0.5, 0.6) is 5.75 Å². The van der Waals surface area contributed by atoms with Crippen molar-refractivity contribution < 1.29 is 9.47 Å². The van der Waals surface area contributed by atoms with Gasteiger partial charge in [-0.3, -0.25) is 0 Å². The second kappa shape index (κ2) is 7.28. The molecule has 0 aliphatic heterocycles. The molecule has 1 fully saturated rings. The second-order valence-corrected chi connectivity index (χ2v) is 6.81. The summed E-state index contributed by atoms with van der Waals surface area (Å²) in [5, 5.41) is 0. The standard InChI is InChI=1S/C18H29NO2/c1-4-20-15-7-5-14(6-8-15)17(19)13-21-16-9-11-18(2,3)12-10-16/h5-8,16-17H,4,9-13,19H2,1-3H3. The van der Waals surface area contributed by atoms with Gasteiger partial charge in [-0.1, -0.05) is 26.0 Å². The van der Waals surface area contributed by atoms with E-state index in [1.807, 2.05) is 31.2 Å². The molecule has 3 heteroatoms. The maximum Gasteiger partial charge on any atom is 0.119 e. The maximum atomic E-state index is 6.22. The molecule has 0 radical (unpaired) electrons. The van der Waals surface area contributed by atoms with E-state index in [1.54, 1.807) is 0 Å². The van der Waals surface area contributed by atoms with E-state index in [1.165, 1.54) is 12.8 Å². The van der Waals surface area contributed by atoms with Crippen LogP contribution in [0, 0.1) is 5.41 Å². The lowest BCUT2D eigenvalue weighted by Gasteiger charge is -2.34. The molecule has 1 aromatic rings. The third-order valence-electron chi connectivity index (χ3n) is 4.42. The molecule has 1 saturated carbocycles. The first-order chi connectivity index (χ1) is 10.00. The normalized spacial score (nSPS) is 20.2. The van der Waals surface area contributed by atoms with Gasteiger partial charge >= 0.3 is 0 Å². The fourth-order valence-corrected chi connectivity index (χ4v) is 2.85. The quantitative estimate of drug-likeness (QED) is 0.859. The van der Waals surface area contributed by atoms with E-state index < -0.39 is 0 Å². The van der Waals surface area contributed by atoms with Crippen molar-refractivity contribution in [1.29, 1.82) is 0 Å². The highest BCUT2D eigenvalue weighted by molar-refractivity contribution is 5.29. The molecule has 1 aliphatic rings. The average molecular weight is 291 g/mol. The van der Waals surface area contributed by atoms with E-state index in [9.17, 15) is 0 Å². The van der Waals surface area contributed by atoms with Gasteiger partial charge in [-0.25, -0.2) is 0 Å². The Morgan fingerprint density at radius 1 is 1.19 bits per heavy atom. The maximum absolute atomic E-state index is 6.22. The van der Waals surface area contributed by atoms with Crippen molar-refractivity contribution in [2.75, 3.05) is 13.2 Å². The molecule has 21 heavy (non-hydrogen) atoms. The van der Waals surface area contributed by atoms with Crippen molar-refractivity contribution in [3.05, 3.63) is 29.8 Å². The molecule has 0 aromatic heterocycles. The minimum Gasteiger partial charge on any atom is -0.494 e. The Morgan fingerprint density at radius 3 is 2.38 bits per heavy atom. The van der Waals surface area contributed by atoms with Crippen LogP contribution in [0.25, 0.3) is 0 Å². The first-order valence-corrected chi connectivity index (χ1v) is 8.10. The molecule has 0 saturated heterocycles. The zero-order valence-electron chi connectivity index (χ0n) is 13.6. The smallest absolute Gasteiger partial charge is 0.119 e. The third kappa shape index (κ3) is 5.01. The van der Waals surface area contributed by atoms with Crippen molar-refractivity contribution in [3.63, 3.8) is 0 Å². The van der Waals surface area contributed by atoms with Gasteiger partial charge in [0.1, 0.15) is 5.75 Å². The van der Waals surface area contributed by atoms with Crippen molar-refractivity contribution in [1.82, 2.24) is 0 Å². The van der Waals surface area contributed by atoms with Crippen LogP contribution >= 0.6 is 0 Å². The van der Waals surface area contributed by atoms with Gasteiger partial charge in [-0.15, -0.1) is 0 Å². The Hall–Kier alpha value is -1.06. The molecule has 2 N–H and O–H groups in total. The van der Waals surface area contributed by atoms with Crippen LogP contribution in [-0.4, -0.2) is 19.3 Å². The second-order valence-electron chi connectivity index (χ2n) is 6.81. The Bertz CT molecular complexity index is 417. The van der Waals surface area contributed by atoms with Gasteiger partial charge in [0, 0.05) is 0 Å². The van der Waals surface area contributed by atoms with Gasteiger partial charge in [0.05, 0.1) is 25.4 Å². The average Bonchev–Trinajstić information content (AvgIpc) is 2.47. The Labute approximate surface area is 128 Å². The molecular formula is C18H29NO2. The number of nitrogens with two attached hydrogens (primary N) is 1. The van der Waals surface area contributed by atoms with Crippen molar-refractivity contribution in [2.45, 2.75) is 58.6 Å². The minimum atomic E-state index is -0.0596. The van der Waals surface area contributed by atoms with Crippen LogP contribution in [0.4, 0.5) is 0 Å². The SMILES string of the molecule is CCOc1ccc(C(N)COC2CCC(C)(C)CC2)cc1.